The zero-order valence-corrected chi connectivity index (χ0v) is 25.8. The van der Waals surface area contributed by atoms with Crippen LogP contribution in [0, 0.1) is 0 Å². The summed E-state index contributed by atoms with van der Waals surface area (Å²) in [5, 5.41) is 19.9. The molecule has 2 saturated carbocycles. The van der Waals surface area contributed by atoms with Gasteiger partial charge in [-0.1, -0.05) is 43.2 Å². The van der Waals surface area contributed by atoms with E-state index in [4.69, 9.17) is 19.6 Å². The van der Waals surface area contributed by atoms with Gasteiger partial charge in [0.05, 0.1) is 37.0 Å². The molecule has 3 atom stereocenters. The number of nitrogens with zero attached hydrogens (tertiary/aromatic N) is 5. The molecule has 3 aromatic rings. The Kier molecular flexibility index (Phi) is 9.16. The Morgan fingerprint density at radius 2 is 1.98 bits per heavy atom. The summed E-state index contributed by atoms with van der Waals surface area (Å²) in [5.74, 6) is -0.0863. The fraction of sp³-hybridized carbons (Fsp3) is 0.576. The van der Waals surface area contributed by atoms with Crippen molar-refractivity contribution >= 4 is 11.9 Å². The fourth-order valence-corrected chi connectivity index (χ4v) is 6.90. The van der Waals surface area contributed by atoms with Gasteiger partial charge in [0.1, 0.15) is 11.3 Å². The van der Waals surface area contributed by atoms with Gasteiger partial charge in [0.2, 0.25) is 0 Å². The van der Waals surface area contributed by atoms with E-state index >= 15 is 0 Å². The van der Waals surface area contributed by atoms with Gasteiger partial charge >= 0.3 is 5.97 Å². The van der Waals surface area contributed by atoms with Crippen molar-refractivity contribution in [2.24, 2.45) is 0 Å². The number of esters is 1. The number of methoxy groups -OCH3 is 1. The van der Waals surface area contributed by atoms with Crippen LogP contribution in [0.15, 0.2) is 42.7 Å². The van der Waals surface area contributed by atoms with E-state index in [2.05, 4.69) is 5.32 Å². The van der Waals surface area contributed by atoms with E-state index < -0.39 is 5.60 Å². The molecule has 0 radical (unpaired) electrons. The van der Waals surface area contributed by atoms with Crippen LogP contribution in [-0.2, 0) is 16.0 Å². The fourth-order valence-electron chi connectivity index (χ4n) is 6.90. The number of aromatic nitrogens is 4. The Morgan fingerprint density at radius 3 is 2.73 bits per heavy atom. The molecular formula is C33H44N6O5. The molecule has 1 saturated heterocycles. The first-order chi connectivity index (χ1) is 21.4. The summed E-state index contributed by atoms with van der Waals surface area (Å²) in [5.41, 5.74) is 2.35. The standard InChI is InChI=1S/C33H44N6O5/c1-3-44-32(41)27-19-26(23-12-13-23)36-39(27)17-14-25-20-34-16-18-37(25)31(40)29-30(24-9-5-4-6-10-24)38(22-35-29)28-11-7-8-15-33(28,42)21-43-2/h4-6,9-10,19,22-23,25,28,34,42H,3,7-8,11-18,20-21H2,1-2H3/t25-,28-,33-/m1/s1. The zero-order chi connectivity index (χ0) is 30.7. The second kappa shape index (κ2) is 13.2. The van der Waals surface area contributed by atoms with Crippen molar-refractivity contribution in [1.29, 1.82) is 0 Å². The molecule has 2 aliphatic carbocycles. The third-order valence-electron chi connectivity index (χ3n) is 9.30. The molecular weight excluding hydrogens is 560 g/mol. The molecule has 44 heavy (non-hydrogen) atoms. The lowest BCUT2D eigenvalue weighted by Crippen LogP contribution is -2.54. The summed E-state index contributed by atoms with van der Waals surface area (Å²) >= 11 is 0. The van der Waals surface area contributed by atoms with E-state index in [9.17, 15) is 14.7 Å². The molecule has 1 aliphatic heterocycles. The van der Waals surface area contributed by atoms with Crippen molar-refractivity contribution in [3.8, 4) is 11.3 Å². The maximum absolute atomic E-state index is 14.4. The van der Waals surface area contributed by atoms with E-state index in [1.165, 1.54) is 0 Å². The molecule has 0 bridgehead atoms. The summed E-state index contributed by atoms with van der Waals surface area (Å²) < 4.78 is 14.5. The number of aryl methyl sites for hydroxylation is 1. The number of benzene rings is 1. The smallest absolute Gasteiger partial charge is 0.356 e. The van der Waals surface area contributed by atoms with E-state index in [1.807, 2.05) is 45.9 Å². The maximum atomic E-state index is 14.4. The number of carbonyl (C=O) groups excluding carboxylic acids is 2. The minimum atomic E-state index is -1.05. The average Bonchev–Trinajstić information content (AvgIpc) is 3.65. The van der Waals surface area contributed by atoms with Crippen LogP contribution in [0.2, 0.25) is 0 Å². The average molecular weight is 605 g/mol. The van der Waals surface area contributed by atoms with Crippen molar-refractivity contribution in [3.63, 3.8) is 0 Å². The summed E-state index contributed by atoms with van der Waals surface area (Å²) in [4.78, 5) is 33.8. The molecule has 1 aromatic carbocycles. The lowest BCUT2D eigenvalue weighted by Gasteiger charge is -2.41. The van der Waals surface area contributed by atoms with Crippen LogP contribution < -0.4 is 5.32 Å². The Morgan fingerprint density at radius 1 is 1.16 bits per heavy atom. The second-order valence-corrected chi connectivity index (χ2v) is 12.3. The minimum Gasteiger partial charge on any atom is -0.461 e. The van der Waals surface area contributed by atoms with Crippen molar-refractivity contribution in [1.82, 2.24) is 29.5 Å². The molecule has 3 fully saturated rings. The number of rotatable bonds is 11. The molecule has 3 aliphatic rings. The second-order valence-electron chi connectivity index (χ2n) is 12.3. The number of nitrogens with one attached hydrogen (secondary N) is 1. The van der Waals surface area contributed by atoms with Gasteiger partial charge in [-0.05, 0) is 45.1 Å². The number of carbonyl (C=O) groups is 2. The van der Waals surface area contributed by atoms with Crippen molar-refractivity contribution in [2.75, 3.05) is 40.0 Å². The predicted molar refractivity (Wildman–Crippen MR) is 164 cm³/mol. The van der Waals surface area contributed by atoms with E-state index in [-0.39, 0.29) is 30.6 Å². The summed E-state index contributed by atoms with van der Waals surface area (Å²) in [6.07, 6.45) is 7.83. The van der Waals surface area contributed by atoms with Gasteiger partial charge < -0.3 is 29.4 Å². The maximum Gasteiger partial charge on any atom is 0.356 e. The molecule has 1 amide bonds. The van der Waals surface area contributed by atoms with Crippen LogP contribution in [0.1, 0.15) is 90.5 Å². The molecule has 0 unspecified atom stereocenters. The monoisotopic (exact) mass is 604 g/mol. The molecule has 236 valence electrons. The first-order valence-electron chi connectivity index (χ1n) is 16.0. The first kappa shape index (κ1) is 30.5. The third kappa shape index (κ3) is 6.18. The number of piperazine rings is 1. The number of imidazole rings is 1. The lowest BCUT2D eigenvalue weighted by atomic mass is 9.80. The normalized spacial score (nSPS) is 23.9. The van der Waals surface area contributed by atoms with Crippen LogP contribution >= 0.6 is 0 Å². The van der Waals surface area contributed by atoms with Gasteiger partial charge in [0.25, 0.3) is 5.91 Å². The highest BCUT2D eigenvalue weighted by Crippen LogP contribution is 2.41. The largest absolute Gasteiger partial charge is 0.461 e. The van der Waals surface area contributed by atoms with Crippen molar-refractivity contribution in [2.45, 2.75) is 82.0 Å². The van der Waals surface area contributed by atoms with Gasteiger partial charge in [0, 0.05) is 50.8 Å². The highest BCUT2D eigenvalue weighted by molar-refractivity contribution is 5.98. The zero-order valence-electron chi connectivity index (χ0n) is 25.8. The van der Waals surface area contributed by atoms with Crippen LogP contribution in [-0.4, -0.2) is 92.8 Å². The number of ether oxygens (including phenoxy) is 2. The summed E-state index contributed by atoms with van der Waals surface area (Å²) in [7, 11) is 1.61. The predicted octanol–water partition coefficient (Wildman–Crippen LogP) is 3.80. The highest BCUT2D eigenvalue weighted by Gasteiger charge is 2.42. The van der Waals surface area contributed by atoms with Crippen LogP contribution in [0.3, 0.4) is 0 Å². The number of aliphatic hydroxyl groups is 1. The molecule has 0 spiro atoms. The Bertz CT molecular complexity index is 1450. The van der Waals surface area contributed by atoms with E-state index in [1.54, 1.807) is 25.0 Å². The number of hydrogen-bond acceptors (Lipinski definition) is 8. The SMILES string of the molecule is CCOC(=O)c1cc(C2CC2)nn1CC[C@@H]1CNCCN1C(=O)c1ncn([C@@H]2CCCC[C@@]2(O)COC)c1-c1ccccc1. The third-order valence-corrected chi connectivity index (χ3v) is 9.30. The van der Waals surface area contributed by atoms with Crippen molar-refractivity contribution in [3.05, 3.63) is 59.8 Å². The van der Waals surface area contributed by atoms with Gasteiger partial charge in [0.15, 0.2) is 5.69 Å². The summed E-state index contributed by atoms with van der Waals surface area (Å²) in [6, 6.07) is 11.3. The highest BCUT2D eigenvalue weighted by atomic mass is 16.5. The van der Waals surface area contributed by atoms with Crippen molar-refractivity contribution < 1.29 is 24.2 Å². The molecule has 3 heterocycles. The van der Waals surface area contributed by atoms with Gasteiger partial charge in [-0.3, -0.25) is 9.48 Å². The number of hydrogen-bond donors (Lipinski definition) is 2. The summed E-state index contributed by atoms with van der Waals surface area (Å²) in [6.45, 7) is 4.67. The molecule has 6 rings (SSSR count). The topological polar surface area (TPSA) is 124 Å². The van der Waals surface area contributed by atoms with Gasteiger partial charge in [-0.25, -0.2) is 9.78 Å². The minimum absolute atomic E-state index is 0.117. The quantitative estimate of drug-likeness (QED) is 0.317. The number of amides is 1. The molecule has 2 N–H and O–H groups in total. The van der Waals surface area contributed by atoms with Crippen LogP contribution in [0.4, 0.5) is 0 Å². The Balaban J connectivity index is 1.29. The molecule has 11 heteroatoms. The molecule has 11 nitrogen and oxygen atoms in total. The lowest BCUT2D eigenvalue weighted by molar-refractivity contribution is -0.0893. The Hall–Kier alpha value is -3.54. The van der Waals surface area contributed by atoms with Gasteiger partial charge in [-0.2, -0.15) is 5.10 Å². The van der Waals surface area contributed by atoms with Crippen LogP contribution in [0.25, 0.3) is 11.3 Å². The van der Waals surface area contributed by atoms with Crippen LogP contribution in [0.5, 0.6) is 0 Å². The van der Waals surface area contributed by atoms with E-state index in [0.29, 0.717) is 62.9 Å². The Labute approximate surface area is 258 Å². The first-order valence-corrected chi connectivity index (χ1v) is 16.0. The molecule has 2 aromatic heterocycles. The van der Waals surface area contributed by atoms with Gasteiger partial charge in [-0.15, -0.1) is 0 Å². The van der Waals surface area contributed by atoms with E-state index in [0.717, 1.165) is 49.1 Å².